The number of alkyl halides is 1. The number of ether oxygens (including phenoxy) is 1. The van der Waals surface area contributed by atoms with Gasteiger partial charge in [0.05, 0.1) is 17.3 Å². The third-order valence-electron chi connectivity index (χ3n) is 3.63. The molecule has 2 heterocycles. The smallest absolute Gasteiger partial charge is 0.231 e. The Balaban J connectivity index is 1.90. The fourth-order valence-electron chi connectivity index (χ4n) is 2.08. The molecule has 0 atom stereocenters. The second-order valence-corrected chi connectivity index (χ2v) is 6.25. The molecule has 1 N–H and O–H groups in total. The van der Waals surface area contributed by atoms with Crippen molar-refractivity contribution in [2.75, 3.05) is 24.4 Å². The zero-order valence-corrected chi connectivity index (χ0v) is 12.8. The number of carbonyl (C=O) groups is 1. The van der Waals surface area contributed by atoms with Crippen LogP contribution in [-0.4, -0.2) is 34.8 Å². The Morgan fingerprint density at radius 2 is 2.25 bits per heavy atom. The first kappa shape index (κ1) is 15.3. The molecule has 1 aliphatic heterocycles. The van der Waals surface area contributed by atoms with Gasteiger partial charge in [-0.15, -0.1) is 11.6 Å². The van der Waals surface area contributed by atoms with Crippen LogP contribution in [-0.2, 0) is 16.1 Å². The molecule has 6 heteroatoms. The van der Waals surface area contributed by atoms with Crippen molar-refractivity contribution in [1.29, 1.82) is 0 Å². The third-order valence-corrected chi connectivity index (χ3v) is 4.29. The maximum atomic E-state index is 12.0. The van der Waals surface area contributed by atoms with Crippen molar-refractivity contribution in [2.45, 2.75) is 33.2 Å². The van der Waals surface area contributed by atoms with Gasteiger partial charge in [-0.1, -0.05) is 0 Å². The monoisotopic (exact) mass is 299 g/mol. The molecule has 1 aliphatic rings. The minimum Gasteiger partial charge on any atom is -0.381 e. The van der Waals surface area contributed by atoms with E-state index in [1.54, 1.807) is 6.20 Å². The van der Waals surface area contributed by atoms with Crippen LogP contribution >= 0.6 is 11.6 Å². The highest BCUT2D eigenvalue weighted by Gasteiger charge is 2.26. The minimum atomic E-state index is -0.579. The lowest BCUT2D eigenvalue weighted by Crippen LogP contribution is -2.32. The van der Waals surface area contributed by atoms with E-state index in [0.29, 0.717) is 5.92 Å². The second-order valence-electron chi connectivity index (χ2n) is 5.98. The quantitative estimate of drug-likeness (QED) is 0.850. The number of carbonyl (C=O) groups excluding carboxylic acids is 1. The average molecular weight is 300 g/mol. The minimum absolute atomic E-state index is 0.0851. The molecular weight excluding hydrogens is 278 g/mol. The molecule has 1 fully saturated rings. The molecule has 0 aromatic carbocycles. The second kappa shape index (κ2) is 6.59. The summed E-state index contributed by atoms with van der Waals surface area (Å²) < 4.78 is 7.23. The fraction of sp³-hybridized carbons (Fsp3) is 0.714. The molecule has 1 saturated heterocycles. The Kier molecular flexibility index (Phi) is 5.05. The Morgan fingerprint density at radius 1 is 1.55 bits per heavy atom. The molecule has 0 radical (unpaired) electrons. The molecule has 20 heavy (non-hydrogen) atoms. The van der Waals surface area contributed by atoms with E-state index in [9.17, 15) is 4.79 Å². The predicted molar refractivity (Wildman–Crippen MR) is 78.9 cm³/mol. The van der Waals surface area contributed by atoms with Crippen LogP contribution in [0.5, 0.6) is 0 Å². The van der Waals surface area contributed by atoms with Crippen molar-refractivity contribution in [3.63, 3.8) is 0 Å². The number of aromatic nitrogens is 2. The fourth-order valence-corrected chi connectivity index (χ4v) is 2.20. The number of nitrogens with zero attached hydrogens (tertiary/aromatic N) is 2. The molecule has 1 aromatic heterocycles. The average Bonchev–Trinajstić information content (AvgIpc) is 2.87. The van der Waals surface area contributed by atoms with Crippen LogP contribution in [0.3, 0.4) is 0 Å². The van der Waals surface area contributed by atoms with E-state index in [0.717, 1.165) is 38.3 Å². The number of hydrogen-bond donors (Lipinski definition) is 1. The van der Waals surface area contributed by atoms with Crippen LogP contribution in [0.1, 0.15) is 26.7 Å². The van der Waals surface area contributed by atoms with Gasteiger partial charge in [0, 0.05) is 31.8 Å². The summed E-state index contributed by atoms with van der Waals surface area (Å²) >= 11 is 5.79. The molecule has 2 rings (SSSR count). The Bertz CT molecular complexity index is 453. The van der Waals surface area contributed by atoms with Gasteiger partial charge in [0.25, 0.3) is 0 Å². The topological polar surface area (TPSA) is 56.2 Å². The summed E-state index contributed by atoms with van der Waals surface area (Å²) in [7, 11) is 0. The van der Waals surface area contributed by atoms with E-state index >= 15 is 0 Å². The predicted octanol–water partition coefficient (Wildman–Crippen LogP) is 2.51. The van der Waals surface area contributed by atoms with Gasteiger partial charge >= 0.3 is 0 Å². The molecule has 0 saturated carbocycles. The van der Waals surface area contributed by atoms with Crippen LogP contribution < -0.4 is 5.32 Å². The SMILES string of the molecule is CC(C)(CCl)C(=O)Nc1cnn(CC2CCOCC2)c1. The zero-order valence-electron chi connectivity index (χ0n) is 12.1. The van der Waals surface area contributed by atoms with Crippen LogP contribution in [0, 0.1) is 11.3 Å². The summed E-state index contributed by atoms with van der Waals surface area (Å²) in [6.07, 6.45) is 5.70. The molecule has 0 bridgehead atoms. The maximum absolute atomic E-state index is 12.0. The highest BCUT2D eigenvalue weighted by molar-refractivity contribution is 6.20. The molecule has 0 aliphatic carbocycles. The first-order valence-electron chi connectivity index (χ1n) is 6.99. The lowest BCUT2D eigenvalue weighted by molar-refractivity contribution is -0.122. The van der Waals surface area contributed by atoms with E-state index in [4.69, 9.17) is 16.3 Å². The summed E-state index contributed by atoms with van der Waals surface area (Å²) in [5.74, 6) is 0.805. The Labute approximate surface area is 124 Å². The Hall–Kier alpha value is -1.07. The summed E-state index contributed by atoms with van der Waals surface area (Å²) in [4.78, 5) is 12.0. The number of hydrogen-bond acceptors (Lipinski definition) is 3. The number of nitrogens with one attached hydrogen (secondary N) is 1. The summed E-state index contributed by atoms with van der Waals surface area (Å²) in [5.41, 5.74) is 0.143. The van der Waals surface area contributed by atoms with E-state index in [1.165, 1.54) is 0 Å². The number of anilines is 1. The normalized spacial score (nSPS) is 17.1. The van der Waals surface area contributed by atoms with E-state index in [-0.39, 0.29) is 11.8 Å². The van der Waals surface area contributed by atoms with Gasteiger partial charge in [0.15, 0.2) is 0 Å². The van der Waals surface area contributed by atoms with Gasteiger partial charge < -0.3 is 10.1 Å². The van der Waals surface area contributed by atoms with Crippen LogP contribution in [0.15, 0.2) is 12.4 Å². The van der Waals surface area contributed by atoms with E-state index in [1.807, 2.05) is 24.7 Å². The van der Waals surface area contributed by atoms with Crippen molar-refractivity contribution in [3.8, 4) is 0 Å². The highest BCUT2D eigenvalue weighted by atomic mass is 35.5. The summed E-state index contributed by atoms with van der Waals surface area (Å²) in [6.45, 7) is 6.18. The molecule has 1 aromatic rings. The van der Waals surface area contributed by atoms with Crippen molar-refractivity contribution in [1.82, 2.24) is 9.78 Å². The first-order valence-corrected chi connectivity index (χ1v) is 7.52. The third kappa shape index (κ3) is 3.96. The highest BCUT2D eigenvalue weighted by Crippen LogP contribution is 2.21. The number of rotatable bonds is 5. The van der Waals surface area contributed by atoms with Gasteiger partial charge in [0.1, 0.15) is 0 Å². The van der Waals surface area contributed by atoms with Gasteiger partial charge in [-0.3, -0.25) is 9.48 Å². The largest absolute Gasteiger partial charge is 0.381 e. The summed E-state index contributed by atoms with van der Waals surface area (Å²) in [6, 6.07) is 0. The van der Waals surface area contributed by atoms with Crippen LogP contribution in [0.2, 0.25) is 0 Å². The van der Waals surface area contributed by atoms with E-state index in [2.05, 4.69) is 10.4 Å². The van der Waals surface area contributed by atoms with Crippen molar-refractivity contribution < 1.29 is 9.53 Å². The van der Waals surface area contributed by atoms with Gasteiger partial charge in [-0.2, -0.15) is 5.10 Å². The molecular formula is C14H22ClN3O2. The molecule has 0 spiro atoms. The lowest BCUT2D eigenvalue weighted by Gasteiger charge is -2.21. The molecule has 1 amide bonds. The zero-order chi connectivity index (χ0) is 14.6. The molecule has 5 nitrogen and oxygen atoms in total. The van der Waals surface area contributed by atoms with Crippen molar-refractivity contribution in [3.05, 3.63) is 12.4 Å². The standard InChI is InChI=1S/C14H22ClN3O2/c1-14(2,10-15)13(19)17-12-7-16-18(9-12)8-11-3-5-20-6-4-11/h7,9,11H,3-6,8,10H2,1-2H3,(H,17,19). The molecule has 112 valence electrons. The maximum Gasteiger partial charge on any atom is 0.231 e. The van der Waals surface area contributed by atoms with Crippen LogP contribution in [0.25, 0.3) is 0 Å². The van der Waals surface area contributed by atoms with Gasteiger partial charge in [0.2, 0.25) is 5.91 Å². The van der Waals surface area contributed by atoms with Crippen molar-refractivity contribution >= 4 is 23.2 Å². The number of amides is 1. The van der Waals surface area contributed by atoms with Gasteiger partial charge in [-0.25, -0.2) is 0 Å². The van der Waals surface area contributed by atoms with E-state index < -0.39 is 5.41 Å². The van der Waals surface area contributed by atoms with Crippen molar-refractivity contribution in [2.24, 2.45) is 11.3 Å². The van der Waals surface area contributed by atoms with Crippen LogP contribution in [0.4, 0.5) is 5.69 Å². The number of halogens is 1. The lowest BCUT2D eigenvalue weighted by atomic mass is 9.95. The Morgan fingerprint density at radius 3 is 2.90 bits per heavy atom. The summed E-state index contributed by atoms with van der Waals surface area (Å²) in [5, 5.41) is 7.16. The van der Waals surface area contributed by atoms with Gasteiger partial charge in [-0.05, 0) is 32.6 Å². The molecule has 0 unspecified atom stereocenters. The first-order chi connectivity index (χ1) is 9.51.